The summed E-state index contributed by atoms with van der Waals surface area (Å²) in [6.45, 7) is 2.33. The molecule has 1 aliphatic carbocycles. The van der Waals surface area contributed by atoms with Crippen molar-refractivity contribution in [2.75, 3.05) is 5.88 Å². The van der Waals surface area contributed by atoms with Crippen molar-refractivity contribution in [3.63, 3.8) is 0 Å². The van der Waals surface area contributed by atoms with Crippen LogP contribution < -0.4 is 0 Å². The number of hydrogen-bond acceptors (Lipinski definition) is 1. The molecule has 0 radical (unpaired) electrons. The predicted molar refractivity (Wildman–Crippen MR) is 63.1 cm³/mol. The van der Waals surface area contributed by atoms with Gasteiger partial charge in [-0.05, 0) is 43.1 Å². The van der Waals surface area contributed by atoms with E-state index in [9.17, 15) is 0 Å². The van der Waals surface area contributed by atoms with Crippen LogP contribution in [0.3, 0.4) is 0 Å². The Balaban J connectivity index is 1.94. The van der Waals surface area contributed by atoms with E-state index in [0.717, 1.165) is 18.2 Å². The molecule has 1 aromatic rings. The van der Waals surface area contributed by atoms with Crippen molar-refractivity contribution < 1.29 is 0 Å². The number of nitrogens with zero attached hydrogens (tertiary/aromatic N) is 2. The molecule has 1 aliphatic rings. The van der Waals surface area contributed by atoms with Gasteiger partial charge in [-0.25, -0.2) is 0 Å². The van der Waals surface area contributed by atoms with E-state index in [4.69, 9.17) is 11.6 Å². The second kappa shape index (κ2) is 4.17. The van der Waals surface area contributed by atoms with Crippen LogP contribution in [0, 0.1) is 11.3 Å². The van der Waals surface area contributed by atoms with Crippen molar-refractivity contribution in [1.29, 1.82) is 0 Å². The van der Waals surface area contributed by atoms with Gasteiger partial charge in [-0.2, -0.15) is 5.10 Å². The van der Waals surface area contributed by atoms with Gasteiger partial charge in [0.25, 0.3) is 0 Å². The molecule has 0 bridgehead atoms. The topological polar surface area (TPSA) is 17.8 Å². The summed E-state index contributed by atoms with van der Waals surface area (Å²) >= 11 is 6.10. The van der Waals surface area contributed by atoms with Gasteiger partial charge in [0.15, 0.2) is 0 Å². The average Bonchev–Trinajstić information content (AvgIpc) is 3.01. The number of hydrogen-bond donors (Lipinski definition) is 0. The second-order valence-corrected chi connectivity index (χ2v) is 5.28. The lowest BCUT2D eigenvalue weighted by atomic mass is 9.82. The maximum Gasteiger partial charge on any atom is 0.0492 e. The zero-order chi connectivity index (χ0) is 10.9. The van der Waals surface area contributed by atoms with Crippen molar-refractivity contribution in [3.8, 4) is 0 Å². The Labute approximate surface area is 96.6 Å². The van der Waals surface area contributed by atoms with Crippen LogP contribution in [0.4, 0.5) is 0 Å². The third kappa shape index (κ3) is 2.36. The molecule has 0 N–H and O–H groups in total. The summed E-state index contributed by atoms with van der Waals surface area (Å²) in [5.74, 6) is 1.65. The van der Waals surface area contributed by atoms with Crippen LogP contribution in [0.25, 0.3) is 0 Å². The summed E-state index contributed by atoms with van der Waals surface area (Å²) in [6.07, 6.45) is 6.88. The first-order chi connectivity index (χ1) is 7.15. The monoisotopic (exact) mass is 226 g/mol. The Morgan fingerprint density at radius 2 is 2.33 bits per heavy atom. The lowest BCUT2D eigenvalue weighted by Crippen LogP contribution is -2.22. The molecular weight excluding hydrogens is 208 g/mol. The fourth-order valence-electron chi connectivity index (χ4n) is 2.22. The van der Waals surface area contributed by atoms with Crippen LogP contribution in [0.2, 0.25) is 0 Å². The van der Waals surface area contributed by atoms with E-state index in [0.29, 0.717) is 5.41 Å². The fraction of sp³-hybridized carbons (Fsp3) is 0.750. The lowest BCUT2D eigenvalue weighted by molar-refractivity contribution is 0.287. The Morgan fingerprint density at radius 1 is 1.60 bits per heavy atom. The van der Waals surface area contributed by atoms with Gasteiger partial charge in [0.1, 0.15) is 0 Å². The van der Waals surface area contributed by atoms with Gasteiger partial charge in [-0.15, -0.1) is 11.6 Å². The zero-order valence-corrected chi connectivity index (χ0v) is 10.3. The van der Waals surface area contributed by atoms with Gasteiger partial charge in [0, 0.05) is 24.8 Å². The molecule has 1 fully saturated rings. The minimum Gasteiger partial charge on any atom is -0.273 e. The molecule has 2 nitrogen and oxygen atoms in total. The van der Waals surface area contributed by atoms with Crippen molar-refractivity contribution in [2.45, 2.75) is 32.6 Å². The molecule has 15 heavy (non-hydrogen) atoms. The number of aryl methyl sites for hydroxylation is 2. The van der Waals surface area contributed by atoms with Gasteiger partial charge in [-0.3, -0.25) is 4.68 Å². The third-order valence-electron chi connectivity index (χ3n) is 3.74. The largest absolute Gasteiger partial charge is 0.273 e. The standard InChI is InChI=1S/C12H19ClN2/c1-12(9-13,10-3-4-10)7-5-11-6-8-14-15(11)2/h6,8,10H,3-5,7,9H2,1-2H3. The molecule has 1 heterocycles. The van der Waals surface area contributed by atoms with E-state index in [1.54, 1.807) is 0 Å². The highest BCUT2D eigenvalue weighted by molar-refractivity contribution is 6.18. The summed E-state index contributed by atoms with van der Waals surface area (Å²) in [5.41, 5.74) is 1.65. The molecule has 1 atom stereocenters. The van der Waals surface area contributed by atoms with Crippen molar-refractivity contribution in [3.05, 3.63) is 18.0 Å². The minimum absolute atomic E-state index is 0.339. The zero-order valence-electron chi connectivity index (χ0n) is 9.54. The van der Waals surface area contributed by atoms with Crippen LogP contribution in [-0.4, -0.2) is 15.7 Å². The maximum absolute atomic E-state index is 6.10. The lowest BCUT2D eigenvalue weighted by Gasteiger charge is -2.26. The molecule has 1 saturated carbocycles. The first-order valence-electron chi connectivity index (χ1n) is 5.68. The highest BCUT2D eigenvalue weighted by Crippen LogP contribution is 2.48. The molecular formula is C12H19ClN2. The second-order valence-electron chi connectivity index (χ2n) is 5.01. The van der Waals surface area contributed by atoms with E-state index in [1.165, 1.54) is 25.0 Å². The molecule has 1 aromatic heterocycles. The summed E-state index contributed by atoms with van der Waals surface area (Å²) in [5, 5.41) is 4.19. The van der Waals surface area contributed by atoms with E-state index in [2.05, 4.69) is 18.1 Å². The molecule has 0 aromatic carbocycles. The first-order valence-corrected chi connectivity index (χ1v) is 6.22. The molecule has 0 aliphatic heterocycles. The minimum atomic E-state index is 0.339. The normalized spacial score (nSPS) is 20.2. The van der Waals surface area contributed by atoms with E-state index < -0.39 is 0 Å². The van der Waals surface area contributed by atoms with E-state index in [-0.39, 0.29) is 0 Å². The summed E-state index contributed by atoms with van der Waals surface area (Å²) < 4.78 is 1.96. The smallest absolute Gasteiger partial charge is 0.0492 e. The van der Waals surface area contributed by atoms with Crippen molar-refractivity contribution in [2.24, 2.45) is 18.4 Å². The molecule has 1 unspecified atom stereocenters. The molecule has 0 saturated heterocycles. The number of rotatable bonds is 5. The van der Waals surface area contributed by atoms with E-state index >= 15 is 0 Å². The SMILES string of the molecule is Cn1nccc1CCC(C)(CCl)C1CC1. The van der Waals surface area contributed by atoms with Gasteiger partial charge < -0.3 is 0 Å². The van der Waals surface area contributed by atoms with Crippen LogP contribution in [-0.2, 0) is 13.5 Å². The number of halogens is 1. The van der Waals surface area contributed by atoms with E-state index in [1.807, 2.05) is 17.9 Å². The van der Waals surface area contributed by atoms with Crippen molar-refractivity contribution in [1.82, 2.24) is 9.78 Å². The molecule has 0 spiro atoms. The molecule has 3 heteroatoms. The van der Waals surface area contributed by atoms with Crippen LogP contribution in [0.15, 0.2) is 12.3 Å². The Morgan fingerprint density at radius 3 is 2.80 bits per heavy atom. The number of alkyl halides is 1. The Bertz CT molecular complexity index is 330. The van der Waals surface area contributed by atoms with Gasteiger partial charge in [0.05, 0.1) is 0 Å². The van der Waals surface area contributed by atoms with Gasteiger partial charge in [0.2, 0.25) is 0 Å². The van der Waals surface area contributed by atoms with Crippen molar-refractivity contribution >= 4 is 11.6 Å². The summed E-state index contributed by atoms with van der Waals surface area (Å²) in [7, 11) is 2.00. The quantitative estimate of drug-likeness (QED) is 0.706. The van der Waals surface area contributed by atoms with Crippen LogP contribution >= 0.6 is 11.6 Å². The first kappa shape index (κ1) is 11.0. The maximum atomic E-state index is 6.10. The highest BCUT2D eigenvalue weighted by atomic mass is 35.5. The average molecular weight is 227 g/mol. The molecule has 84 valence electrons. The molecule has 2 rings (SSSR count). The predicted octanol–water partition coefficient (Wildman–Crippen LogP) is 3.01. The summed E-state index contributed by atoms with van der Waals surface area (Å²) in [6, 6.07) is 2.10. The van der Waals surface area contributed by atoms with Gasteiger partial charge >= 0.3 is 0 Å². The third-order valence-corrected chi connectivity index (χ3v) is 4.35. The molecule has 0 amide bonds. The van der Waals surface area contributed by atoms with Gasteiger partial charge in [-0.1, -0.05) is 6.92 Å². The Kier molecular flexibility index (Phi) is 3.06. The van der Waals surface area contributed by atoms with Crippen LogP contribution in [0.1, 0.15) is 31.9 Å². The summed E-state index contributed by atoms with van der Waals surface area (Å²) in [4.78, 5) is 0. The highest BCUT2D eigenvalue weighted by Gasteiger charge is 2.40. The van der Waals surface area contributed by atoms with Crippen LogP contribution in [0.5, 0.6) is 0 Å². The fourth-order valence-corrected chi connectivity index (χ4v) is 2.57. The Hall–Kier alpha value is -0.500. The number of aromatic nitrogens is 2.